The Morgan fingerprint density at radius 1 is 0.750 bits per heavy atom. The Bertz CT molecular complexity index is 1760. The number of aromatic hydroxyl groups is 3. The number of fused-ring (bicyclic) bond motifs is 1. The first-order chi connectivity index (χ1) is 20.8. The highest BCUT2D eigenvalue weighted by molar-refractivity contribution is 6.12. The predicted molar refractivity (Wildman–Crippen MR) is 173 cm³/mol. The number of phenols is 3. The van der Waals surface area contributed by atoms with Crippen LogP contribution in [0.1, 0.15) is 81.4 Å². The second-order valence-corrected chi connectivity index (χ2v) is 12.1. The van der Waals surface area contributed by atoms with Gasteiger partial charge in [-0.15, -0.1) is 15.0 Å². The van der Waals surface area contributed by atoms with Crippen LogP contribution in [-0.4, -0.2) is 43.2 Å². The Labute approximate surface area is 258 Å². The first kappa shape index (κ1) is 32.1. The molecule has 8 heteroatoms. The molecule has 0 atom stereocenters. The van der Waals surface area contributed by atoms with Crippen LogP contribution in [0.5, 0.6) is 23.0 Å². The first-order valence-corrected chi connectivity index (χ1v) is 14.7. The zero-order chi connectivity index (χ0) is 32.2. The van der Waals surface area contributed by atoms with Crippen LogP contribution in [0.2, 0.25) is 0 Å². The van der Waals surface area contributed by atoms with Crippen LogP contribution in [0.4, 0.5) is 0 Å². The molecule has 1 heterocycles. The van der Waals surface area contributed by atoms with Crippen molar-refractivity contribution in [2.45, 2.75) is 65.2 Å². The van der Waals surface area contributed by atoms with Crippen molar-refractivity contribution in [1.82, 2.24) is 15.0 Å². The van der Waals surface area contributed by atoms with E-state index in [1.807, 2.05) is 30.3 Å². The van der Waals surface area contributed by atoms with Gasteiger partial charge in [0.05, 0.1) is 18.2 Å². The number of aromatic nitrogens is 3. The second kappa shape index (κ2) is 12.8. The molecule has 0 unspecified atom stereocenters. The monoisotopic (exact) mass is 595 g/mol. The van der Waals surface area contributed by atoms with E-state index in [9.17, 15) is 20.1 Å². The molecule has 0 aliphatic rings. The maximum Gasteiger partial charge on any atom is 0.200 e. The van der Waals surface area contributed by atoms with Gasteiger partial charge in [0, 0.05) is 11.6 Å². The summed E-state index contributed by atoms with van der Waals surface area (Å²) < 4.78 is 4.94. The molecule has 0 fully saturated rings. The van der Waals surface area contributed by atoms with Gasteiger partial charge in [-0.05, 0) is 71.7 Å². The maximum absolute atomic E-state index is 12.1. The fraction of sp³-hybridized carbons (Fsp3) is 0.306. The van der Waals surface area contributed by atoms with Gasteiger partial charge in [-0.1, -0.05) is 71.9 Å². The maximum atomic E-state index is 12.1. The minimum absolute atomic E-state index is 0.00754. The van der Waals surface area contributed by atoms with Gasteiger partial charge in [0.1, 0.15) is 39.7 Å². The van der Waals surface area contributed by atoms with Crippen LogP contribution >= 0.6 is 0 Å². The molecule has 0 bridgehead atoms. The molecule has 0 spiro atoms. The minimum Gasteiger partial charge on any atom is -0.507 e. The lowest BCUT2D eigenvalue weighted by molar-refractivity contribution is 0.103. The van der Waals surface area contributed by atoms with Crippen molar-refractivity contribution in [3.63, 3.8) is 0 Å². The molecule has 44 heavy (non-hydrogen) atoms. The lowest BCUT2D eigenvalue weighted by atomic mass is 9.76. The van der Waals surface area contributed by atoms with Gasteiger partial charge < -0.3 is 20.1 Å². The molecular formula is C36H41N3O5. The summed E-state index contributed by atoms with van der Waals surface area (Å²) >= 11 is 0. The van der Waals surface area contributed by atoms with E-state index in [0.717, 1.165) is 29.4 Å². The molecule has 5 rings (SSSR count). The highest BCUT2D eigenvalue weighted by Crippen LogP contribution is 2.41. The molecule has 230 valence electrons. The Kier molecular flexibility index (Phi) is 9.33. The number of para-hydroxylation sites is 1. The first-order valence-electron chi connectivity index (χ1n) is 14.7. The quantitative estimate of drug-likeness (QED) is 0.156. The van der Waals surface area contributed by atoms with Gasteiger partial charge in [-0.2, -0.15) is 0 Å². The average molecular weight is 596 g/mol. The topological polar surface area (TPSA) is 118 Å². The van der Waals surface area contributed by atoms with Crippen molar-refractivity contribution < 1.29 is 24.9 Å². The molecule has 5 aromatic rings. The fourth-order valence-corrected chi connectivity index (χ4v) is 4.68. The summed E-state index contributed by atoms with van der Waals surface area (Å²) in [5.41, 5.74) is 4.60. The molecule has 0 amide bonds. The van der Waals surface area contributed by atoms with Crippen molar-refractivity contribution in [1.29, 1.82) is 0 Å². The van der Waals surface area contributed by atoms with E-state index in [-0.39, 0.29) is 39.2 Å². The number of benzene rings is 4. The standard InChI is InChI=1S/C22H29N3O.C14H12O4/c1-7-21(3,4)15-13-16(22(5,6)8-2)20(26)19(14-15)25-23-17-11-9-10-12-18(17)24-25;1-18-9-6-7-11(13(16)8-9)14(17)10-4-2-3-5-12(10)15/h9-14,26H,7-8H2,1-6H3;2-8,15-16H,1H3. The number of ether oxygens (including phenoxy) is 1. The molecule has 0 saturated carbocycles. The molecule has 8 nitrogen and oxygen atoms in total. The molecule has 1 aromatic heterocycles. The Morgan fingerprint density at radius 2 is 1.32 bits per heavy atom. The number of nitrogens with zero attached hydrogens (tertiary/aromatic N) is 3. The third-order valence-electron chi connectivity index (χ3n) is 8.47. The van der Waals surface area contributed by atoms with Crippen molar-refractivity contribution >= 4 is 16.8 Å². The van der Waals surface area contributed by atoms with Gasteiger partial charge in [-0.3, -0.25) is 4.79 Å². The number of ketones is 1. The van der Waals surface area contributed by atoms with E-state index in [1.165, 1.54) is 36.9 Å². The van der Waals surface area contributed by atoms with Crippen LogP contribution in [0.15, 0.2) is 78.9 Å². The van der Waals surface area contributed by atoms with Gasteiger partial charge in [0.25, 0.3) is 0 Å². The lowest BCUT2D eigenvalue weighted by Gasteiger charge is -2.30. The largest absolute Gasteiger partial charge is 0.507 e. The van der Waals surface area contributed by atoms with Crippen LogP contribution < -0.4 is 4.74 Å². The zero-order valence-electron chi connectivity index (χ0n) is 26.4. The number of carbonyl (C=O) groups is 1. The van der Waals surface area contributed by atoms with Gasteiger partial charge in [0.15, 0.2) is 5.78 Å². The SMILES string of the molecule is CCC(C)(C)c1cc(-n2nc3ccccc3n2)c(O)c(C(C)(C)CC)c1.COc1ccc(C(=O)c2ccccc2O)c(O)c1. The summed E-state index contributed by atoms with van der Waals surface area (Å²) in [6, 6.07) is 22.6. The fourth-order valence-electron chi connectivity index (χ4n) is 4.68. The summed E-state index contributed by atoms with van der Waals surface area (Å²) in [5.74, 6) is 0.00252. The number of hydrogen-bond acceptors (Lipinski definition) is 7. The van der Waals surface area contributed by atoms with E-state index < -0.39 is 5.78 Å². The average Bonchev–Trinajstić information content (AvgIpc) is 3.45. The predicted octanol–water partition coefficient (Wildman–Crippen LogP) is 7.84. The van der Waals surface area contributed by atoms with Crippen molar-refractivity contribution in [3.05, 3.63) is 101 Å². The second-order valence-electron chi connectivity index (χ2n) is 12.1. The Hall–Kier alpha value is -4.85. The van der Waals surface area contributed by atoms with Crippen molar-refractivity contribution in [2.24, 2.45) is 0 Å². The summed E-state index contributed by atoms with van der Waals surface area (Å²) in [7, 11) is 1.47. The highest BCUT2D eigenvalue weighted by Gasteiger charge is 2.29. The summed E-state index contributed by atoms with van der Waals surface area (Å²) in [6.07, 6.45) is 1.95. The normalized spacial score (nSPS) is 11.6. The van der Waals surface area contributed by atoms with Gasteiger partial charge in [0.2, 0.25) is 0 Å². The van der Waals surface area contributed by atoms with Crippen molar-refractivity contribution in [3.8, 4) is 28.7 Å². The zero-order valence-corrected chi connectivity index (χ0v) is 26.4. The van der Waals surface area contributed by atoms with E-state index in [1.54, 1.807) is 23.0 Å². The third kappa shape index (κ3) is 6.54. The summed E-state index contributed by atoms with van der Waals surface area (Å²) in [4.78, 5) is 13.7. The van der Waals surface area contributed by atoms with Crippen LogP contribution in [0, 0.1) is 0 Å². The number of carbonyl (C=O) groups excluding carboxylic acids is 1. The summed E-state index contributed by atoms with van der Waals surface area (Å²) in [6.45, 7) is 13.1. The molecule has 3 N–H and O–H groups in total. The van der Waals surface area contributed by atoms with Crippen molar-refractivity contribution in [2.75, 3.05) is 7.11 Å². The smallest absolute Gasteiger partial charge is 0.200 e. The molecule has 0 radical (unpaired) electrons. The van der Waals surface area contributed by atoms with Crippen LogP contribution in [0.3, 0.4) is 0 Å². The molecular weight excluding hydrogens is 554 g/mol. The molecule has 4 aromatic carbocycles. The third-order valence-corrected chi connectivity index (χ3v) is 8.47. The molecule has 0 aliphatic carbocycles. The highest BCUT2D eigenvalue weighted by atomic mass is 16.5. The lowest BCUT2D eigenvalue weighted by Crippen LogP contribution is -2.21. The van der Waals surface area contributed by atoms with Crippen LogP contribution in [0.25, 0.3) is 16.7 Å². The van der Waals surface area contributed by atoms with E-state index in [2.05, 4.69) is 57.8 Å². The van der Waals surface area contributed by atoms with E-state index in [0.29, 0.717) is 11.4 Å². The number of phenolic OH excluding ortho intramolecular Hbond substituents is 3. The number of methoxy groups -OCH3 is 1. The van der Waals surface area contributed by atoms with Gasteiger partial charge in [-0.25, -0.2) is 0 Å². The number of rotatable bonds is 8. The van der Waals surface area contributed by atoms with Crippen LogP contribution in [-0.2, 0) is 10.8 Å². The summed E-state index contributed by atoms with van der Waals surface area (Å²) in [5, 5.41) is 39.6. The molecule has 0 saturated heterocycles. The van der Waals surface area contributed by atoms with Gasteiger partial charge >= 0.3 is 0 Å². The van der Waals surface area contributed by atoms with E-state index in [4.69, 9.17) is 4.74 Å². The van der Waals surface area contributed by atoms with E-state index >= 15 is 0 Å². The number of hydrogen-bond donors (Lipinski definition) is 3. The Balaban J connectivity index is 0.000000215. The Morgan fingerprint density at radius 3 is 1.86 bits per heavy atom. The molecule has 0 aliphatic heterocycles. The minimum atomic E-state index is -0.437.